The number of carboxylic acids is 1. The maximum absolute atomic E-state index is 11.6. The first-order chi connectivity index (χ1) is 11.5. The Labute approximate surface area is 141 Å². The van der Waals surface area contributed by atoms with Crippen LogP contribution >= 0.6 is 0 Å². The minimum absolute atomic E-state index is 0.0165. The van der Waals surface area contributed by atoms with Crippen LogP contribution in [0.3, 0.4) is 0 Å². The molecule has 2 N–H and O–H groups in total. The lowest BCUT2D eigenvalue weighted by Crippen LogP contribution is -2.39. The number of ketones is 1. The highest BCUT2D eigenvalue weighted by molar-refractivity contribution is 5.94. The number of amides is 1. The predicted molar refractivity (Wildman–Crippen MR) is 79.2 cm³/mol. The Morgan fingerprint density at radius 2 is 2.00 bits per heavy atom. The van der Waals surface area contributed by atoms with Crippen LogP contribution in [0.4, 0.5) is 13.2 Å². The number of halogens is 3. The van der Waals surface area contributed by atoms with Gasteiger partial charge >= 0.3 is 12.1 Å². The minimum atomic E-state index is -4.64. The van der Waals surface area contributed by atoms with Gasteiger partial charge in [0.2, 0.25) is 5.78 Å². The van der Waals surface area contributed by atoms with E-state index in [0.717, 1.165) is 0 Å². The summed E-state index contributed by atoms with van der Waals surface area (Å²) in [6.45, 7) is 2.44. The molecule has 0 saturated carbocycles. The molecule has 1 unspecified atom stereocenters. The second kappa shape index (κ2) is 10.0. The van der Waals surface area contributed by atoms with Crippen molar-refractivity contribution in [2.24, 2.45) is 0 Å². The van der Waals surface area contributed by atoms with E-state index in [9.17, 15) is 27.6 Å². The van der Waals surface area contributed by atoms with Crippen molar-refractivity contribution in [2.75, 3.05) is 0 Å². The third kappa shape index (κ3) is 9.70. The normalized spacial score (nSPS) is 11.4. The highest BCUT2D eigenvalue weighted by atomic mass is 19.4. The summed E-state index contributed by atoms with van der Waals surface area (Å²) in [7, 11) is 0. The van der Waals surface area contributed by atoms with Gasteiger partial charge in [0.05, 0.1) is 11.6 Å². The van der Waals surface area contributed by atoms with Crippen molar-refractivity contribution in [3.05, 3.63) is 24.0 Å². The average Bonchev–Trinajstić information content (AvgIpc) is 2.52. The molecule has 0 aliphatic rings. The van der Waals surface area contributed by atoms with E-state index in [0.29, 0.717) is 12.5 Å². The molecule has 0 bridgehead atoms. The predicted octanol–water partition coefficient (Wildman–Crippen LogP) is 0.733. The molecule has 1 aromatic rings. The number of carbonyl (C=O) groups is 3. The average molecular weight is 360 g/mol. The van der Waals surface area contributed by atoms with Crippen LogP contribution in [0.2, 0.25) is 0 Å². The summed E-state index contributed by atoms with van der Waals surface area (Å²) in [6.07, 6.45) is 3.42. The lowest BCUT2D eigenvalue weighted by molar-refractivity contribution is -0.753. The highest BCUT2D eigenvalue weighted by Crippen LogP contribution is 2.14. The largest absolute Gasteiger partial charge is 0.481 e. The topological polar surface area (TPSA) is 100 Å². The fraction of sp³-hybridized carbons (Fsp3) is 0.400. The Hall–Kier alpha value is -2.96. The Bertz CT molecular complexity index is 651. The van der Waals surface area contributed by atoms with Crippen molar-refractivity contribution in [3.63, 3.8) is 0 Å². The van der Waals surface area contributed by atoms with Gasteiger partial charge in [0.25, 0.3) is 5.91 Å². The zero-order valence-corrected chi connectivity index (χ0v) is 13.5. The smallest absolute Gasteiger partial charge is 0.449 e. The molecule has 7 nitrogen and oxygen atoms in total. The summed E-state index contributed by atoms with van der Waals surface area (Å²) >= 11 is 0. The first-order valence-corrected chi connectivity index (χ1v) is 6.89. The highest BCUT2D eigenvalue weighted by Gasteiger charge is 2.33. The van der Waals surface area contributed by atoms with Crippen LogP contribution < -0.4 is 10.00 Å². The molecule has 25 heavy (non-hydrogen) atoms. The van der Waals surface area contributed by atoms with Gasteiger partial charge in [-0.15, -0.1) is 6.42 Å². The van der Waals surface area contributed by atoms with Crippen molar-refractivity contribution < 1.29 is 37.3 Å². The van der Waals surface area contributed by atoms with Gasteiger partial charge < -0.3 is 10.4 Å². The first kappa shape index (κ1) is 22.0. The fourth-order valence-electron chi connectivity index (χ4n) is 1.18. The SMILES string of the molecule is C#CC(C)NC(=O)c1cc[n+](CCC(=O)O)nc1.CC(=O)C(F)(F)F. The number of hydrogen-bond acceptors (Lipinski definition) is 4. The van der Waals surface area contributed by atoms with Crippen LogP contribution in [0.25, 0.3) is 0 Å². The van der Waals surface area contributed by atoms with Crippen molar-refractivity contribution in [3.8, 4) is 12.3 Å². The van der Waals surface area contributed by atoms with Gasteiger partial charge in [0.1, 0.15) is 12.6 Å². The molecule has 0 spiro atoms. The van der Waals surface area contributed by atoms with Crippen LogP contribution in [0.15, 0.2) is 18.5 Å². The number of Topliss-reactive ketones (excluding diaryl/α,β-unsaturated/α-hetero) is 1. The molecule has 136 valence electrons. The van der Waals surface area contributed by atoms with Gasteiger partial charge in [-0.2, -0.15) is 13.2 Å². The standard InChI is InChI=1S/C12H13N3O3.C3H3F3O/c1-3-9(2)14-12(18)10-4-6-15(13-8-10)7-5-11(16)17;1-2(7)3(4,5)6/h1,4,6,8-9H,5,7H2,2H3,(H-,14,16,17,18);1H3/p+1. The molecule has 1 heterocycles. The number of aryl methyl sites for hydroxylation is 1. The number of rotatable bonds is 5. The molecule has 0 aromatic carbocycles. The van der Waals surface area contributed by atoms with Gasteiger partial charge in [0, 0.05) is 13.0 Å². The zero-order valence-electron chi connectivity index (χ0n) is 13.5. The van der Waals surface area contributed by atoms with E-state index >= 15 is 0 Å². The molecule has 1 aromatic heterocycles. The number of nitrogens with one attached hydrogen (secondary N) is 1. The number of nitrogens with zero attached hydrogens (tertiary/aromatic N) is 2. The first-order valence-electron chi connectivity index (χ1n) is 6.89. The molecule has 1 amide bonds. The Kier molecular flexibility index (Phi) is 8.83. The number of hydrogen-bond donors (Lipinski definition) is 2. The minimum Gasteiger partial charge on any atom is -0.481 e. The molecular formula is C15H17F3N3O4+. The van der Waals surface area contributed by atoms with E-state index in [2.05, 4.69) is 16.3 Å². The van der Waals surface area contributed by atoms with Crippen LogP contribution in [-0.4, -0.2) is 40.1 Å². The van der Waals surface area contributed by atoms with E-state index in [4.69, 9.17) is 11.5 Å². The van der Waals surface area contributed by atoms with E-state index in [-0.39, 0.29) is 24.9 Å². The van der Waals surface area contributed by atoms with Crippen LogP contribution in [0.5, 0.6) is 0 Å². The number of alkyl halides is 3. The summed E-state index contributed by atoms with van der Waals surface area (Å²) < 4.78 is 33.9. The Morgan fingerprint density at radius 3 is 2.36 bits per heavy atom. The van der Waals surface area contributed by atoms with Gasteiger partial charge in [-0.25, -0.2) is 0 Å². The number of terminal acetylenes is 1. The Morgan fingerprint density at radius 1 is 1.44 bits per heavy atom. The van der Waals surface area contributed by atoms with Crippen molar-refractivity contribution in [1.29, 1.82) is 0 Å². The summed E-state index contributed by atoms with van der Waals surface area (Å²) in [5, 5.41) is 15.1. The number of aliphatic carboxylic acids is 1. The second-order valence-electron chi connectivity index (χ2n) is 4.74. The molecule has 0 aliphatic carbocycles. The quantitative estimate of drug-likeness (QED) is 0.596. The monoisotopic (exact) mass is 360 g/mol. The molecule has 0 saturated heterocycles. The van der Waals surface area contributed by atoms with Gasteiger partial charge in [-0.05, 0) is 12.0 Å². The molecule has 10 heteroatoms. The third-order valence-corrected chi connectivity index (χ3v) is 2.59. The summed E-state index contributed by atoms with van der Waals surface area (Å²) in [6, 6.07) is 1.21. The number of carbonyl (C=O) groups excluding carboxylic acids is 2. The van der Waals surface area contributed by atoms with Crippen LogP contribution in [0, 0.1) is 12.3 Å². The van der Waals surface area contributed by atoms with Gasteiger partial charge in [-0.1, -0.05) is 10.6 Å². The van der Waals surface area contributed by atoms with Gasteiger partial charge in [0.15, 0.2) is 12.7 Å². The summed E-state index contributed by atoms with van der Waals surface area (Å²) in [5.41, 5.74) is 0.378. The van der Waals surface area contributed by atoms with Gasteiger partial charge in [-0.3, -0.25) is 14.4 Å². The molecular weight excluding hydrogens is 343 g/mol. The zero-order chi connectivity index (χ0) is 19.6. The lowest BCUT2D eigenvalue weighted by Gasteiger charge is -2.06. The number of aromatic nitrogens is 2. The third-order valence-electron chi connectivity index (χ3n) is 2.59. The van der Waals surface area contributed by atoms with E-state index in [1.54, 1.807) is 19.2 Å². The summed E-state index contributed by atoms with van der Waals surface area (Å²) in [4.78, 5) is 31.4. The molecule has 0 aliphatic heterocycles. The molecule has 0 radical (unpaired) electrons. The maximum atomic E-state index is 11.6. The number of carboxylic acid groups (broad SMARTS) is 1. The van der Waals surface area contributed by atoms with Crippen molar-refractivity contribution in [2.45, 2.75) is 39.0 Å². The van der Waals surface area contributed by atoms with Crippen molar-refractivity contribution >= 4 is 17.7 Å². The molecule has 0 fully saturated rings. The lowest BCUT2D eigenvalue weighted by atomic mass is 10.2. The maximum Gasteiger partial charge on any atom is 0.449 e. The fourth-order valence-corrected chi connectivity index (χ4v) is 1.18. The van der Waals surface area contributed by atoms with Crippen molar-refractivity contribution in [1.82, 2.24) is 10.4 Å². The Balaban J connectivity index is 0.000000697. The van der Waals surface area contributed by atoms with Crippen LogP contribution in [0.1, 0.15) is 30.6 Å². The van der Waals surface area contributed by atoms with Crippen LogP contribution in [-0.2, 0) is 16.1 Å². The van der Waals surface area contributed by atoms with E-state index in [1.165, 1.54) is 10.9 Å². The molecule has 1 atom stereocenters. The van der Waals surface area contributed by atoms with E-state index in [1.807, 2.05) is 0 Å². The molecule has 1 rings (SSSR count). The second-order valence-corrected chi connectivity index (χ2v) is 4.74. The van der Waals surface area contributed by atoms with E-state index < -0.39 is 17.9 Å². The summed E-state index contributed by atoms with van der Waals surface area (Å²) in [5.74, 6) is -0.572.